The third kappa shape index (κ3) is 7.69. The summed E-state index contributed by atoms with van der Waals surface area (Å²) in [5, 5.41) is 3.01. The molecule has 0 fully saturated rings. The lowest BCUT2D eigenvalue weighted by atomic mass is 10.0. The quantitative estimate of drug-likeness (QED) is 0.586. The van der Waals surface area contributed by atoms with Crippen molar-refractivity contribution in [1.29, 1.82) is 0 Å². The first-order valence-electron chi connectivity index (χ1n) is 10.6. The van der Waals surface area contributed by atoms with Crippen molar-refractivity contribution >= 4 is 23.6 Å². The third-order valence-corrected chi connectivity index (χ3v) is 5.89. The molecule has 0 bridgehead atoms. The van der Waals surface area contributed by atoms with Crippen molar-refractivity contribution in [3.63, 3.8) is 0 Å². The van der Waals surface area contributed by atoms with Gasteiger partial charge >= 0.3 is 0 Å². The van der Waals surface area contributed by atoms with Crippen LogP contribution in [-0.2, 0) is 21.9 Å². The van der Waals surface area contributed by atoms with Crippen LogP contribution in [-0.4, -0.2) is 34.0 Å². The van der Waals surface area contributed by atoms with Gasteiger partial charge in [-0.25, -0.2) is 4.39 Å². The van der Waals surface area contributed by atoms with Crippen LogP contribution in [0.3, 0.4) is 0 Å². The number of thioether (sulfide) groups is 1. The van der Waals surface area contributed by atoms with Gasteiger partial charge < -0.3 is 10.2 Å². The maximum absolute atomic E-state index is 13.9. The van der Waals surface area contributed by atoms with E-state index in [4.69, 9.17) is 0 Å². The van der Waals surface area contributed by atoms with Crippen LogP contribution >= 0.6 is 11.8 Å². The highest BCUT2D eigenvalue weighted by atomic mass is 32.2. The SMILES string of the molecule is CC[C@H](C(=O)NC(C)(C)C)N(Cc1ccccc1C)C(=O)CSCc1ccccc1F. The number of rotatable bonds is 9. The second kappa shape index (κ2) is 11.3. The molecule has 0 aliphatic rings. The van der Waals surface area contributed by atoms with Gasteiger partial charge in [-0.15, -0.1) is 11.8 Å². The van der Waals surface area contributed by atoms with Crippen LogP contribution in [0.2, 0.25) is 0 Å². The fourth-order valence-electron chi connectivity index (χ4n) is 3.29. The van der Waals surface area contributed by atoms with Crippen molar-refractivity contribution in [3.8, 4) is 0 Å². The number of nitrogens with one attached hydrogen (secondary N) is 1. The molecule has 0 unspecified atom stereocenters. The van der Waals surface area contributed by atoms with Crippen molar-refractivity contribution in [3.05, 3.63) is 71.0 Å². The van der Waals surface area contributed by atoms with Crippen molar-refractivity contribution in [2.45, 2.75) is 64.9 Å². The molecular formula is C25H33FN2O2S. The summed E-state index contributed by atoms with van der Waals surface area (Å²) in [6.07, 6.45) is 0.511. The second-order valence-electron chi connectivity index (χ2n) is 8.70. The monoisotopic (exact) mass is 444 g/mol. The maximum atomic E-state index is 13.9. The van der Waals surface area contributed by atoms with Crippen LogP contribution in [0.25, 0.3) is 0 Å². The van der Waals surface area contributed by atoms with E-state index < -0.39 is 6.04 Å². The van der Waals surface area contributed by atoms with Crippen LogP contribution in [0, 0.1) is 12.7 Å². The summed E-state index contributed by atoms with van der Waals surface area (Å²) in [5.41, 5.74) is 2.27. The molecule has 0 aliphatic carbocycles. The summed E-state index contributed by atoms with van der Waals surface area (Å²) in [4.78, 5) is 27.9. The Morgan fingerprint density at radius 1 is 1.06 bits per heavy atom. The first-order chi connectivity index (χ1) is 14.6. The van der Waals surface area contributed by atoms with Crippen molar-refractivity contribution in [2.24, 2.45) is 0 Å². The highest BCUT2D eigenvalue weighted by molar-refractivity contribution is 7.99. The number of hydrogen-bond donors (Lipinski definition) is 1. The van der Waals surface area contributed by atoms with Gasteiger partial charge in [0.25, 0.3) is 0 Å². The van der Waals surface area contributed by atoms with Gasteiger partial charge in [-0.05, 0) is 56.9 Å². The minimum Gasteiger partial charge on any atom is -0.350 e. The molecule has 2 rings (SSSR count). The number of aryl methyl sites for hydroxylation is 1. The molecule has 6 heteroatoms. The van der Waals surface area contributed by atoms with Crippen LogP contribution in [0.15, 0.2) is 48.5 Å². The van der Waals surface area contributed by atoms with Crippen LogP contribution in [0.5, 0.6) is 0 Å². The average molecular weight is 445 g/mol. The number of nitrogens with zero attached hydrogens (tertiary/aromatic N) is 1. The Morgan fingerprint density at radius 3 is 2.26 bits per heavy atom. The summed E-state index contributed by atoms with van der Waals surface area (Å²) in [6, 6.07) is 13.9. The molecule has 2 aromatic carbocycles. The molecule has 0 heterocycles. The molecule has 4 nitrogen and oxygen atoms in total. The van der Waals surface area contributed by atoms with Gasteiger partial charge in [-0.3, -0.25) is 9.59 Å². The molecule has 168 valence electrons. The van der Waals surface area contributed by atoms with Crippen molar-refractivity contribution < 1.29 is 14.0 Å². The van der Waals surface area contributed by atoms with Crippen LogP contribution < -0.4 is 5.32 Å². The lowest BCUT2D eigenvalue weighted by Gasteiger charge is -2.33. The molecule has 0 aromatic heterocycles. The zero-order valence-electron chi connectivity index (χ0n) is 19.1. The number of carbonyl (C=O) groups is 2. The molecule has 1 atom stereocenters. The zero-order chi connectivity index (χ0) is 23.0. The van der Waals surface area contributed by atoms with Crippen molar-refractivity contribution in [1.82, 2.24) is 10.2 Å². The van der Waals surface area contributed by atoms with Crippen molar-refractivity contribution in [2.75, 3.05) is 5.75 Å². The highest BCUT2D eigenvalue weighted by Gasteiger charge is 2.30. The normalized spacial score (nSPS) is 12.3. The molecule has 0 saturated heterocycles. The Labute approximate surface area is 189 Å². The summed E-state index contributed by atoms with van der Waals surface area (Å²) >= 11 is 1.36. The van der Waals surface area contributed by atoms with E-state index >= 15 is 0 Å². The number of halogens is 1. The van der Waals surface area contributed by atoms with Gasteiger partial charge in [0.05, 0.1) is 5.75 Å². The molecular weight excluding hydrogens is 411 g/mol. The van der Waals surface area contributed by atoms with E-state index in [1.165, 1.54) is 17.8 Å². The van der Waals surface area contributed by atoms with Gasteiger partial charge in [-0.2, -0.15) is 0 Å². The topological polar surface area (TPSA) is 49.4 Å². The van der Waals surface area contributed by atoms with E-state index in [2.05, 4.69) is 5.32 Å². The molecule has 2 aromatic rings. The fourth-order valence-corrected chi connectivity index (χ4v) is 4.19. The summed E-state index contributed by atoms with van der Waals surface area (Å²) in [7, 11) is 0. The number of amides is 2. The Balaban J connectivity index is 2.19. The van der Waals surface area contributed by atoms with Gasteiger partial charge in [-0.1, -0.05) is 49.4 Å². The van der Waals surface area contributed by atoms with E-state index in [1.807, 2.05) is 58.9 Å². The van der Waals surface area contributed by atoms with E-state index in [-0.39, 0.29) is 28.9 Å². The molecule has 31 heavy (non-hydrogen) atoms. The van der Waals surface area contributed by atoms with E-state index in [0.29, 0.717) is 24.3 Å². The highest BCUT2D eigenvalue weighted by Crippen LogP contribution is 2.20. The summed E-state index contributed by atoms with van der Waals surface area (Å²) in [6.45, 7) is 10.1. The Bertz CT molecular complexity index is 895. The predicted molar refractivity (Wildman–Crippen MR) is 126 cm³/mol. The lowest BCUT2D eigenvalue weighted by Crippen LogP contribution is -2.53. The molecule has 1 N–H and O–H groups in total. The summed E-state index contributed by atoms with van der Waals surface area (Å²) in [5.74, 6) is 0.0351. The first-order valence-corrected chi connectivity index (χ1v) is 11.7. The van der Waals surface area contributed by atoms with Gasteiger partial charge in [0.2, 0.25) is 11.8 Å². The van der Waals surface area contributed by atoms with E-state index in [9.17, 15) is 14.0 Å². The van der Waals surface area contributed by atoms with Gasteiger partial charge in [0.1, 0.15) is 11.9 Å². The van der Waals surface area contributed by atoms with E-state index in [0.717, 1.165) is 11.1 Å². The molecule has 2 amide bonds. The Hall–Kier alpha value is -2.34. The first kappa shape index (κ1) is 24.9. The zero-order valence-corrected chi connectivity index (χ0v) is 19.9. The van der Waals surface area contributed by atoms with E-state index in [1.54, 1.807) is 23.1 Å². The largest absolute Gasteiger partial charge is 0.350 e. The average Bonchev–Trinajstić information content (AvgIpc) is 2.69. The minimum atomic E-state index is -0.569. The predicted octanol–water partition coefficient (Wildman–Crippen LogP) is 5.09. The third-order valence-electron chi connectivity index (χ3n) is 4.93. The lowest BCUT2D eigenvalue weighted by molar-refractivity contribution is -0.140. The van der Waals surface area contributed by atoms with Crippen LogP contribution in [0.4, 0.5) is 4.39 Å². The number of benzene rings is 2. The second-order valence-corrected chi connectivity index (χ2v) is 9.68. The molecule has 0 aliphatic heterocycles. The number of carbonyl (C=O) groups excluding carboxylic acids is 2. The Morgan fingerprint density at radius 2 is 1.68 bits per heavy atom. The Kier molecular flexibility index (Phi) is 9.11. The minimum absolute atomic E-state index is 0.125. The van der Waals surface area contributed by atoms with Gasteiger partial charge in [0, 0.05) is 17.8 Å². The molecule has 0 saturated carbocycles. The fraction of sp³-hybridized carbons (Fsp3) is 0.440. The van der Waals surface area contributed by atoms with Crippen LogP contribution in [0.1, 0.15) is 50.8 Å². The smallest absolute Gasteiger partial charge is 0.243 e. The number of hydrogen-bond acceptors (Lipinski definition) is 3. The summed E-state index contributed by atoms with van der Waals surface area (Å²) < 4.78 is 13.9. The maximum Gasteiger partial charge on any atom is 0.243 e. The van der Waals surface area contributed by atoms with Gasteiger partial charge in [0.15, 0.2) is 0 Å². The standard InChI is InChI=1S/C25H33FN2O2S/c1-6-22(24(30)27-25(3,4)5)28(15-19-12-8-7-11-18(19)2)23(29)17-31-16-20-13-9-10-14-21(20)26/h7-14,22H,6,15-17H2,1-5H3,(H,27,30)/t22-/m1/s1. The molecule has 0 radical (unpaired) electrons. The molecule has 0 spiro atoms.